The highest BCUT2D eigenvalue weighted by Crippen LogP contribution is 2.26. The van der Waals surface area contributed by atoms with E-state index in [2.05, 4.69) is 10.3 Å². The van der Waals surface area contributed by atoms with Crippen molar-refractivity contribution in [3.8, 4) is 0 Å². The predicted octanol–water partition coefficient (Wildman–Crippen LogP) is 2.39. The fourth-order valence-corrected chi connectivity index (χ4v) is 4.45. The molecular formula is C17H22N2O5S. The lowest BCUT2D eigenvalue weighted by Crippen LogP contribution is -2.47. The second-order valence-electron chi connectivity index (χ2n) is 6.79. The summed E-state index contributed by atoms with van der Waals surface area (Å²) in [6.07, 6.45) is 1.39. The second-order valence-corrected chi connectivity index (χ2v) is 9.37. The second kappa shape index (κ2) is 6.76. The molecule has 136 valence electrons. The van der Waals surface area contributed by atoms with Gasteiger partial charge in [-0.3, -0.25) is 10.1 Å². The topological polar surface area (TPSA) is 98.5 Å². The normalized spacial score (nSPS) is 16.9. The Balaban J connectivity index is 1.74. The highest BCUT2D eigenvalue weighted by molar-refractivity contribution is 7.93. The van der Waals surface area contributed by atoms with Gasteiger partial charge in [-0.2, -0.15) is 4.98 Å². The number of hydrogen-bond donors (Lipinski definition) is 1. The van der Waals surface area contributed by atoms with Crippen molar-refractivity contribution in [3.05, 3.63) is 24.3 Å². The van der Waals surface area contributed by atoms with Gasteiger partial charge in [-0.25, -0.2) is 8.42 Å². The minimum absolute atomic E-state index is 0.000501. The van der Waals surface area contributed by atoms with Gasteiger partial charge in [-0.15, -0.1) is 0 Å². The number of nitrogens with zero attached hydrogens (tertiary/aromatic N) is 1. The fraction of sp³-hybridized carbons (Fsp3) is 0.529. The van der Waals surface area contributed by atoms with E-state index in [0.717, 1.165) is 0 Å². The maximum atomic E-state index is 12.8. The van der Waals surface area contributed by atoms with Crippen LogP contribution in [-0.4, -0.2) is 43.0 Å². The average Bonchev–Trinajstić information content (AvgIpc) is 2.97. The van der Waals surface area contributed by atoms with Crippen LogP contribution < -0.4 is 5.32 Å². The third-order valence-corrected chi connectivity index (χ3v) is 7.29. The first-order chi connectivity index (χ1) is 11.8. The van der Waals surface area contributed by atoms with E-state index in [-0.39, 0.29) is 17.7 Å². The van der Waals surface area contributed by atoms with Gasteiger partial charge in [-0.05, 0) is 44.7 Å². The molecule has 25 heavy (non-hydrogen) atoms. The molecule has 0 radical (unpaired) electrons. The molecule has 1 saturated heterocycles. The lowest BCUT2D eigenvalue weighted by molar-refractivity contribution is -0.118. The van der Waals surface area contributed by atoms with Crippen LogP contribution in [0.4, 0.5) is 6.01 Å². The van der Waals surface area contributed by atoms with Crippen LogP contribution in [0.15, 0.2) is 28.7 Å². The smallest absolute Gasteiger partial charge is 0.302 e. The van der Waals surface area contributed by atoms with Gasteiger partial charge in [0.1, 0.15) is 10.3 Å². The van der Waals surface area contributed by atoms with E-state index < -0.39 is 20.5 Å². The zero-order valence-electron chi connectivity index (χ0n) is 14.3. The van der Waals surface area contributed by atoms with Crippen LogP contribution in [0.1, 0.15) is 26.7 Å². The van der Waals surface area contributed by atoms with E-state index in [1.54, 1.807) is 24.3 Å². The van der Waals surface area contributed by atoms with Gasteiger partial charge < -0.3 is 9.15 Å². The molecular weight excluding hydrogens is 344 g/mol. The highest BCUT2D eigenvalue weighted by Gasteiger charge is 2.43. The van der Waals surface area contributed by atoms with Crippen molar-refractivity contribution in [2.45, 2.75) is 31.4 Å². The fourth-order valence-electron chi connectivity index (χ4n) is 2.75. The van der Waals surface area contributed by atoms with Gasteiger partial charge in [0.2, 0.25) is 5.91 Å². The van der Waals surface area contributed by atoms with Crippen molar-refractivity contribution in [1.29, 1.82) is 0 Å². The monoisotopic (exact) mass is 366 g/mol. The van der Waals surface area contributed by atoms with E-state index >= 15 is 0 Å². The number of amides is 1. The number of carbonyl (C=O) groups excluding carboxylic acids is 1. The predicted molar refractivity (Wildman–Crippen MR) is 94.0 cm³/mol. The molecule has 1 fully saturated rings. The summed E-state index contributed by atoms with van der Waals surface area (Å²) in [6.45, 7) is 3.96. The molecule has 0 bridgehead atoms. The van der Waals surface area contributed by atoms with E-state index in [0.29, 0.717) is 37.2 Å². The van der Waals surface area contributed by atoms with Crippen molar-refractivity contribution in [1.82, 2.24) is 4.98 Å². The van der Waals surface area contributed by atoms with E-state index in [4.69, 9.17) is 9.15 Å². The van der Waals surface area contributed by atoms with Crippen molar-refractivity contribution < 1.29 is 22.4 Å². The quantitative estimate of drug-likeness (QED) is 0.872. The number of anilines is 1. The molecule has 0 saturated carbocycles. The summed E-state index contributed by atoms with van der Waals surface area (Å²) in [5.41, 5.74) is 1.13. The Kier molecular flexibility index (Phi) is 4.83. The van der Waals surface area contributed by atoms with E-state index in [9.17, 15) is 13.2 Å². The molecule has 0 aliphatic carbocycles. The van der Waals surface area contributed by atoms with Crippen LogP contribution in [0, 0.1) is 5.92 Å². The summed E-state index contributed by atoms with van der Waals surface area (Å²) in [6, 6.07) is 7.08. The summed E-state index contributed by atoms with van der Waals surface area (Å²) in [5, 5.41) is 2.49. The summed E-state index contributed by atoms with van der Waals surface area (Å²) in [4.78, 5) is 16.7. The molecule has 2 aromatic rings. The zero-order chi connectivity index (χ0) is 18.1. The maximum Gasteiger partial charge on any atom is 0.302 e. The van der Waals surface area contributed by atoms with Crippen molar-refractivity contribution >= 4 is 32.9 Å². The maximum absolute atomic E-state index is 12.8. The molecule has 0 unspecified atom stereocenters. The Labute approximate surface area is 146 Å². The first-order valence-corrected chi connectivity index (χ1v) is 9.92. The van der Waals surface area contributed by atoms with Crippen molar-refractivity contribution in [3.63, 3.8) is 0 Å². The van der Waals surface area contributed by atoms with Crippen LogP contribution in [0.25, 0.3) is 11.1 Å². The summed E-state index contributed by atoms with van der Waals surface area (Å²) in [7, 11) is -3.65. The number of aromatic nitrogens is 1. The number of para-hydroxylation sites is 2. The Hall–Kier alpha value is -1.93. The number of hydrogen-bond acceptors (Lipinski definition) is 6. The van der Waals surface area contributed by atoms with Gasteiger partial charge in [0.15, 0.2) is 15.4 Å². The molecule has 2 heterocycles. The summed E-state index contributed by atoms with van der Waals surface area (Å²) in [5.74, 6) is -0.647. The number of oxazole rings is 1. The van der Waals surface area contributed by atoms with E-state index in [1.807, 2.05) is 0 Å². The Bertz CT molecular complexity index is 833. The number of sulfone groups is 1. The Morgan fingerprint density at radius 1 is 1.28 bits per heavy atom. The molecule has 1 N–H and O–H groups in total. The highest BCUT2D eigenvalue weighted by atomic mass is 32.2. The first-order valence-electron chi connectivity index (χ1n) is 8.27. The minimum Gasteiger partial charge on any atom is -0.423 e. The molecule has 3 rings (SSSR count). The number of carbonyl (C=O) groups is 1. The molecule has 8 heteroatoms. The summed E-state index contributed by atoms with van der Waals surface area (Å²) < 4.78 is 34.7. The largest absolute Gasteiger partial charge is 0.423 e. The Morgan fingerprint density at radius 3 is 2.64 bits per heavy atom. The minimum atomic E-state index is -3.65. The lowest BCUT2D eigenvalue weighted by Gasteiger charge is -2.27. The van der Waals surface area contributed by atoms with Gasteiger partial charge in [0.05, 0.1) is 5.75 Å². The van der Waals surface area contributed by atoms with Gasteiger partial charge >= 0.3 is 6.01 Å². The van der Waals surface area contributed by atoms with Crippen LogP contribution in [-0.2, 0) is 19.4 Å². The van der Waals surface area contributed by atoms with Crippen LogP contribution in [0.5, 0.6) is 0 Å². The van der Waals surface area contributed by atoms with Crippen LogP contribution in [0.2, 0.25) is 0 Å². The van der Waals surface area contributed by atoms with Crippen LogP contribution in [0.3, 0.4) is 0 Å². The molecule has 1 amide bonds. The van der Waals surface area contributed by atoms with Crippen molar-refractivity contribution in [2.75, 3.05) is 24.3 Å². The van der Waals surface area contributed by atoms with Gasteiger partial charge in [0, 0.05) is 13.2 Å². The third kappa shape index (κ3) is 3.69. The van der Waals surface area contributed by atoms with Gasteiger partial charge in [0.25, 0.3) is 0 Å². The average molecular weight is 366 g/mol. The molecule has 0 atom stereocenters. The van der Waals surface area contributed by atoms with Crippen LogP contribution >= 0.6 is 0 Å². The molecule has 1 aliphatic rings. The first kappa shape index (κ1) is 17.9. The molecule has 7 nitrogen and oxygen atoms in total. The van der Waals surface area contributed by atoms with Gasteiger partial charge in [-0.1, -0.05) is 12.1 Å². The summed E-state index contributed by atoms with van der Waals surface area (Å²) >= 11 is 0. The molecule has 0 spiro atoms. The number of ether oxygens (including phenoxy) is 1. The Morgan fingerprint density at radius 2 is 1.96 bits per heavy atom. The zero-order valence-corrected chi connectivity index (χ0v) is 15.1. The molecule has 1 aliphatic heterocycles. The molecule has 1 aromatic heterocycles. The SMILES string of the molecule is CC(C)(C(=O)Nc1nc2ccccc2o1)S(=O)(=O)CC1CCOCC1. The van der Waals surface area contributed by atoms with Crippen molar-refractivity contribution in [2.24, 2.45) is 5.92 Å². The lowest BCUT2D eigenvalue weighted by atomic mass is 10.0. The standard InChI is InChI=1S/C17H22N2O5S/c1-17(2,25(21,22)11-12-7-9-23-10-8-12)15(20)19-16-18-13-5-3-4-6-14(13)24-16/h3-6,12H,7-11H2,1-2H3,(H,18,19,20). The van der Waals surface area contributed by atoms with E-state index in [1.165, 1.54) is 13.8 Å². The number of benzene rings is 1. The molecule has 1 aromatic carbocycles. The number of fused-ring (bicyclic) bond motifs is 1. The number of rotatable bonds is 5. The third-order valence-electron chi connectivity index (χ3n) is 4.63. The number of nitrogens with one attached hydrogen (secondary N) is 1.